The number of nitrogens with one attached hydrogen (secondary N) is 7. The number of amides is 4. The zero-order chi connectivity index (χ0) is 108. The van der Waals surface area contributed by atoms with Gasteiger partial charge in [-0.05, 0) is 208 Å². The number of ketones is 6. The number of carboxylic acids is 3. The van der Waals surface area contributed by atoms with Crippen molar-refractivity contribution in [3.05, 3.63) is 120 Å². The average molecular weight is 2110 g/mol. The van der Waals surface area contributed by atoms with Crippen LogP contribution in [0.5, 0.6) is 0 Å². The molecular formula is C94H122BF5N14O23S6. The number of carbonyl (C=O) groups is 15. The van der Waals surface area contributed by atoms with Gasteiger partial charge in [0.2, 0.25) is 23.6 Å². The van der Waals surface area contributed by atoms with Crippen molar-refractivity contribution in [3.63, 3.8) is 0 Å². The van der Waals surface area contributed by atoms with Crippen LogP contribution in [0.15, 0.2) is 91.0 Å². The molecule has 37 nitrogen and oxygen atoms in total. The number of fused-ring (bicyclic) bond motifs is 5. The molecule has 0 aliphatic rings. The number of aliphatic carboxylic acids is 3. The second-order valence-corrected chi connectivity index (χ2v) is 40.6. The first-order valence-electron chi connectivity index (χ1n) is 44.6. The molecule has 0 fully saturated rings. The number of aromatic nitrogens is 5. The summed E-state index contributed by atoms with van der Waals surface area (Å²) in [5, 5.41) is 47.2. The predicted octanol–water partition coefficient (Wildman–Crippen LogP) is 15.1. The van der Waals surface area contributed by atoms with Crippen LogP contribution in [0.2, 0.25) is 0 Å². The average Bonchev–Trinajstić information content (AvgIpc) is 1.64. The molecule has 9 atom stereocenters. The lowest BCUT2D eigenvalue weighted by atomic mass is 10.0. The number of halogens is 5. The number of methoxy groups -OCH3 is 2. The Balaban J connectivity index is 0.000000433. The lowest BCUT2D eigenvalue weighted by Gasteiger charge is -2.23. The molecule has 4 amide bonds. The van der Waals surface area contributed by atoms with Crippen molar-refractivity contribution in [2.45, 2.75) is 236 Å². The maximum absolute atomic E-state index is 13.3. The van der Waals surface area contributed by atoms with E-state index >= 15 is 0 Å². The maximum Gasteiger partial charge on any atom is 0.336 e. The molecule has 0 bridgehead atoms. The fraction of sp³-hybridized carbons (Fsp3) is 0.468. The number of nitrogens with zero attached hydrogens (tertiary/aromatic N) is 5. The van der Waals surface area contributed by atoms with Crippen LogP contribution in [0.25, 0.3) is 51.1 Å². The lowest BCUT2D eigenvalue weighted by Crippen LogP contribution is -2.48. The summed E-state index contributed by atoms with van der Waals surface area (Å²) < 4.78 is 104. The van der Waals surface area contributed by atoms with Crippen LogP contribution in [0.1, 0.15) is 193 Å². The summed E-state index contributed by atoms with van der Waals surface area (Å²) >= 11 is 5.97. The number of esters is 2. The Morgan fingerprint density at radius 1 is 0.392 bits per heavy atom. The van der Waals surface area contributed by atoms with E-state index in [1.54, 1.807) is 45.0 Å². The minimum Gasteiger partial charge on any atom is -0.481 e. The summed E-state index contributed by atoms with van der Waals surface area (Å²) in [4.78, 5) is 190. The van der Waals surface area contributed by atoms with E-state index in [2.05, 4.69) is 71.0 Å². The third kappa shape index (κ3) is 50.2. The Morgan fingerprint density at radius 3 is 0.993 bits per heavy atom. The van der Waals surface area contributed by atoms with E-state index in [-0.39, 0.29) is 162 Å². The Hall–Kier alpha value is -11.9. The van der Waals surface area contributed by atoms with Gasteiger partial charge in [0.15, 0.2) is 39.7 Å². The molecule has 5 aromatic carbocycles. The fourth-order valence-corrected chi connectivity index (χ4v) is 17.0. The molecule has 5 aromatic heterocycles. The van der Waals surface area contributed by atoms with Gasteiger partial charge in [-0.25, -0.2) is 51.7 Å². The zero-order valence-corrected chi connectivity index (χ0v) is 86.9. The zero-order valence-electron chi connectivity index (χ0n) is 82.0. The normalized spacial score (nSPS) is 12.8. The molecule has 10 rings (SSSR count). The van der Waals surface area contributed by atoms with Gasteiger partial charge < -0.3 is 67.6 Å². The smallest absolute Gasteiger partial charge is 0.336 e. The number of benzene rings is 5. The van der Waals surface area contributed by atoms with Gasteiger partial charge in [-0.2, -0.15) is 8.42 Å². The largest absolute Gasteiger partial charge is 0.481 e. The van der Waals surface area contributed by atoms with Gasteiger partial charge in [0.25, 0.3) is 10.1 Å². The fourth-order valence-electron chi connectivity index (χ4n) is 12.0. The van der Waals surface area contributed by atoms with E-state index in [0.29, 0.717) is 106 Å². The molecule has 5 heterocycles. The Morgan fingerprint density at radius 2 is 0.699 bits per heavy atom. The first kappa shape index (κ1) is 125. The summed E-state index contributed by atoms with van der Waals surface area (Å²) in [5.41, 5.74) is 14.1. The summed E-state index contributed by atoms with van der Waals surface area (Å²) in [6.45, 7) is 23.7. The van der Waals surface area contributed by atoms with Crippen LogP contribution in [-0.2, 0) is 95.7 Å². The van der Waals surface area contributed by atoms with Gasteiger partial charge in [0, 0.05) is 50.4 Å². The van der Waals surface area contributed by atoms with E-state index in [9.17, 15) is 113 Å². The predicted molar refractivity (Wildman–Crippen MR) is 542 cm³/mol. The third-order valence-electron chi connectivity index (χ3n) is 20.0. The van der Waals surface area contributed by atoms with Crippen molar-refractivity contribution in [2.24, 2.45) is 35.3 Å². The Kier molecular flexibility index (Phi) is 55.4. The van der Waals surface area contributed by atoms with Crippen molar-refractivity contribution < 1.29 is 131 Å². The first-order valence-corrected chi connectivity index (χ1v) is 50.5. The standard InChI is InChI=1S/C20H26FN3O4S.C18H22FN3O5S.C13H13BFN3O2S.C13H14FN3O2S.C8H16O5S.C8H14O2.C7H5FN2S.C7H12O3/c1-11(2)9-16(19(27)28-4)22-14(12(3)25)7-8-18(26)24-20-23-15-6-5-13(21)10-17(15)29-20;1-9(2)7-13(17(26)27)20-12(16(24)25)5-6-15(23)22-18-21-11-4-3-10(19)8-14(11)28-18;1-7(19)9(18-14)4-5-12(20)17-13-16-10-3-2-8(15)6-11(10)21-13;1-7(18)9(15)3-5-12(19)17-13-16-10-4-2-8(14)6-11(10)20-13;1-6(2)5-7(8(9)12-3)13-14(4,10)11;1-6(8(3)10)4-5-7(2)9;8-4-1-2-5-6(3-4)11-7(9)10-5;1-5(6(2)8)3-4-7(9)10/h5-6,10-11,14,16,22H,7-9H2,1-4H3,(H,23,24,26);3-4,8-9,12-13,20H,5-7H2,1-2H3,(H,24,25)(H,26,27)(H,21,22,23);2-3,6,9,18H,4-5H2,1H3,(H,16,17,20);2,4,6,9H,3,5,15H2,1H3,(H,16,17,19);6-7H,5H2,1-4H3;6H,4-5H2,1-3H3;1-3H,(H2,9,10);5H,3-4H2,1-2H3,(H,9,10)/t14-,16-;12-,13-;;;7-;6-;;5-/m00..10.0/s1. The molecule has 0 spiro atoms. The number of nitrogens with two attached hydrogens (primary N) is 2. The second-order valence-electron chi connectivity index (χ2n) is 33.8. The number of hydrogen-bond donors (Lipinski definition) is 12. The number of carboxylic acid groups (broad SMARTS) is 3. The van der Waals surface area contributed by atoms with Crippen LogP contribution in [0.4, 0.5) is 47.6 Å². The van der Waals surface area contributed by atoms with Crippen molar-refractivity contribution in [1.82, 2.24) is 40.8 Å². The van der Waals surface area contributed by atoms with Crippen molar-refractivity contribution in [1.29, 1.82) is 0 Å². The van der Waals surface area contributed by atoms with E-state index in [1.807, 2.05) is 48.5 Å². The molecule has 14 N–H and O–H groups in total. The topological polar surface area (TPSA) is 579 Å². The minimum absolute atomic E-state index is 0.0453. The molecule has 143 heavy (non-hydrogen) atoms. The molecule has 780 valence electrons. The van der Waals surface area contributed by atoms with Gasteiger partial charge in [-0.15, -0.1) is 0 Å². The summed E-state index contributed by atoms with van der Waals surface area (Å²) in [6, 6.07) is 16.6. The van der Waals surface area contributed by atoms with Gasteiger partial charge in [0.05, 0.1) is 89.7 Å². The van der Waals surface area contributed by atoms with Crippen molar-refractivity contribution >= 4 is 240 Å². The number of thiazole rings is 5. The van der Waals surface area contributed by atoms with Crippen molar-refractivity contribution in [2.75, 3.05) is 47.5 Å². The molecule has 0 saturated carbocycles. The quantitative estimate of drug-likeness (QED) is 0.00730. The number of rotatable bonds is 44. The SMILES string of the molecule is CC(=O)C(N)CCC(=O)Nc1nc2ccc(F)cc2s1.CC(=O)CC[C@H](C)C(C)=O.CC(=O)[C@@H](C)CCC(=O)O.CC(C)C[C@H](N[C@@H](CCC(=O)Nc1nc2ccc(F)cc2s1)C(=O)O)C(=O)O.COC(=O)[C@@H](CC(C)C)OS(C)(=O)=O.COC(=O)[C@H](CC(C)C)N[C@@H](CCC(=O)Nc1nc2ccc(F)cc2s1)C(C)=O.Nc1nc2ccc(F)cc2s1.[B]NC(CCC(=O)Nc1nc2ccc(F)cc2s1)C(C)=O. The van der Waals surface area contributed by atoms with Gasteiger partial charge in [-0.3, -0.25) is 77.1 Å². The third-order valence-corrected chi connectivity index (χ3v) is 25.1. The molecule has 10 aromatic rings. The summed E-state index contributed by atoms with van der Waals surface area (Å²) in [7, 11) is 4.10. The number of carbonyl (C=O) groups excluding carboxylic acids is 12. The molecule has 0 aliphatic heterocycles. The molecule has 49 heteroatoms. The van der Waals surface area contributed by atoms with E-state index in [4.69, 9.17) is 29.3 Å². The van der Waals surface area contributed by atoms with Crippen molar-refractivity contribution in [3.8, 4) is 0 Å². The van der Waals surface area contributed by atoms with Crippen LogP contribution in [0.3, 0.4) is 0 Å². The van der Waals surface area contributed by atoms with Crippen LogP contribution in [0, 0.1) is 58.7 Å². The first-order chi connectivity index (χ1) is 66.9. The second kappa shape index (κ2) is 63.3. The number of Topliss-reactive ketones (excluding diaryl/α,β-unsaturated/α-hetero) is 6. The van der Waals surface area contributed by atoms with Crippen LogP contribution < -0.4 is 48.6 Å². The van der Waals surface area contributed by atoms with Gasteiger partial charge in [0.1, 0.15) is 81.9 Å². The molecule has 0 saturated heterocycles. The maximum atomic E-state index is 13.3. The number of anilines is 5. The Labute approximate surface area is 844 Å². The van der Waals surface area contributed by atoms with Crippen LogP contribution in [-0.4, -0.2) is 208 Å². The highest BCUT2D eigenvalue weighted by Crippen LogP contribution is 2.32. The number of hydrogen-bond acceptors (Lipinski definition) is 35. The molecular weight excluding hydrogens is 1990 g/mol. The summed E-state index contributed by atoms with van der Waals surface area (Å²) in [5.74, 6) is -6.96. The number of nitrogen functional groups attached to an aromatic ring is 1. The monoisotopic (exact) mass is 2110 g/mol. The molecule has 2 unspecified atom stereocenters. The van der Waals surface area contributed by atoms with Gasteiger partial charge in [-0.1, -0.05) is 112 Å². The number of ether oxygens (including phenoxy) is 2. The van der Waals surface area contributed by atoms with E-state index < -0.39 is 94.0 Å². The highest BCUT2D eigenvalue weighted by Gasteiger charge is 2.31. The highest BCUT2D eigenvalue weighted by molar-refractivity contribution is 7.86. The lowest BCUT2D eigenvalue weighted by molar-refractivity contribution is -0.149. The molecule has 0 aliphatic carbocycles. The van der Waals surface area contributed by atoms with Crippen LogP contribution >= 0.6 is 56.7 Å². The highest BCUT2D eigenvalue weighted by atomic mass is 32.2. The Bertz CT molecular complexity index is 6070. The van der Waals surface area contributed by atoms with Gasteiger partial charge >= 0.3 is 29.8 Å². The minimum atomic E-state index is -3.62. The molecule has 2 radical (unpaired) electrons. The summed E-state index contributed by atoms with van der Waals surface area (Å²) in [6.07, 6.45) is 3.70. The van der Waals surface area contributed by atoms with E-state index in [1.165, 1.54) is 154 Å². The van der Waals surface area contributed by atoms with E-state index in [0.717, 1.165) is 27.8 Å².